The fourth-order valence-corrected chi connectivity index (χ4v) is 1.81. The number of carbonyl (C=O) groups is 1. The first kappa shape index (κ1) is 13.7. The molecule has 1 aromatic rings. The lowest BCUT2D eigenvalue weighted by molar-refractivity contribution is 0.0694. The van der Waals surface area contributed by atoms with Gasteiger partial charge >= 0.3 is 5.97 Å². The maximum absolute atomic E-state index is 11.0. The number of hydrogen-bond donors (Lipinski definition) is 1. The Kier molecular flexibility index (Phi) is 4.69. The van der Waals surface area contributed by atoms with Gasteiger partial charge in [0.05, 0.1) is 11.9 Å². The van der Waals surface area contributed by atoms with Crippen molar-refractivity contribution in [2.24, 2.45) is 13.0 Å². The van der Waals surface area contributed by atoms with Crippen molar-refractivity contribution < 1.29 is 9.90 Å². The average molecular weight is 239 g/mol. The highest BCUT2D eigenvalue weighted by Crippen LogP contribution is 2.12. The predicted molar refractivity (Wildman–Crippen MR) is 66.0 cm³/mol. The molecular formula is C12H21N3O2. The molecule has 0 saturated heterocycles. The van der Waals surface area contributed by atoms with Gasteiger partial charge in [-0.1, -0.05) is 20.3 Å². The summed E-state index contributed by atoms with van der Waals surface area (Å²) >= 11 is 0. The number of aromatic nitrogens is 2. The molecule has 5 nitrogen and oxygen atoms in total. The average Bonchev–Trinajstić information content (AvgIpc) is 2.60. The van der Waals surface area contributed by atoms with Crippen LogP contribution in [0.2, 0.25) is 0 Å². The molecular weight excluding hydrogens is 218 g/mol. The van der Waals surface area contributed by atoms with E-state index in [0.29, 0.717) is 18.0 Å². The van der Waals surface area contributed by atoms with Crippen LogP contribution in [0.3, 0.4) is 0 Å². The van der Waals surface area contributed by atoms with E-state index in [4.69, 9.17) is 5.11 Å². The number of nitrogens with zero attached hydrogens (tertiary/aromatic N) is 3. The van der Waals surface area contributed by atoms with Crippen molar-refractivity contribution in [1.82, 2.24) is 14.7 Å². The van der Waals surface area contributed by atoms with Crippen LogP contribution in [0, 0.1) is 5.92 Å². The highest BCUT2D eigenvalue weighted by molar-refractivity contribution is 5.88. The van der Waals surface area contributed by atoms with Gasteiger partial charge in [-0.05, 0) is 13.0 Å². The zero-order valence-electron chi connectivity index (χ0n) is 11.0. The summed E-state index contributed by atoms with van der Waals surface area (Å²) in [5.41, 5.74) is 1.05. The third-order valence-electron chi connectivity index (χ3n) is 3.03. The summed E-state index contributed by atoms with van der Waals surface area (Å²) in [4.78, 5) is 13.2. The van der Waals surface area contributed by atoms with E-state index in [-0.39, 0.29) is 0 Å². The summed E-state index contributed by atoms with van der Waals surface area (Å²) in [6.45, 7) is 5.92. The van der Waals surface area contributed by atoms with E-state index in [9.17, 15) is 4.79 Å². The van der Waals surface area contributed by atoms with Gasteiger partial charge < -0.3 is 10.0 Å². The van der Waals surface area contributed by atoms with Gasteiger partial charge in [0.15, 0.2) is 0 Å². The number of rotatable bonds is 6. The summed E-state index contributed by atoms with van der Waals surface area (Å²) in [6, 6.07) is 0. The van der Waals surface area contributed by atoms with Crippen LogP contribution in [0.5, 0.6) is 0 Å². The topological polar surface area (TPSA) is 58.4 Å². The monoisotopic (exact) mass is 239 g/mol. The van der Waals surface area contributed by atoms with Crippen LogP contribution in [0.1, 0.15) is 36.3 Å². The van der Waals surface area contributed by atoms with E-state index in [1.807, 2.05) is 7.05 Å². The van der Waals surface area contributed by atoms with Gasteiger partial charge in [0.1, 0.15) is 5.56 Å². The lowest BCUT2D eigenvalue weighted by Crippen LogP contribution is -2.25. The highest BCUT2D eigenvalue weighted by atomic mass is 16.4. The maximum Gasteiger partial charge on any atom is 0.339 e. The van der Waals surface area contributed by atoms with Crippen molar-refractivity contribution in [3.8, 4) is 0 Å². The minimum absolute atomic E-state index is 0.295. The van der Waals surface area contributed by atoms with Crippen LogP contribution in [-0.2, 0) is 13.6 Å². The number of carboxylic acid groups (broad SMARTS) is 1. The molecule has 0 saturated carbocycles. The van der Waals surface area contributed by atoms with Gasteiger partial charge in [0, 0.05) is 20.1 Å². The number of aromatic carboxylic acids is 1. The zero-order chi connectivity index (χ0) is 13.0. The molecule has 0 radical (unpaired) electrons. The Morgan fingerprint density at radius 3 is 2.82 bits per heavy atom. The van der Waals surface area contributed by atoms with E-state index in [0.717, 1.165) is 18.7 Å². The van der Waals surface area contributed by atoms with Gasteiger partial charge in [-0.3, -0.25) is 4.68 Å². The van der Waals surface area contributed by atoms with Crippen molar-refractivity contribution in [1.29, 1.82) is 0 Å². The third kappa shape index (κ3) is 3.56. The van der Waals surface area contributed by atoms with Crippen LogP contribution in [0.15, 0.2) is 6.20 Å². The van der Waals surface area contributed by atoms with Gasteiger partial charge in [-0.15, -0.1) is 0 Å². The van der Waals surface area contributed by atoms with Crippen LogP contribution in [0.4, 0.5) is 0 Å². The molecule has 0 aliphatic heterocycles. The molecule has 1 aromatic heterocycles. The Morgan fingerprint density at radius 1 is 1.65 bits per heavy atom. The zero-order valence-corrected chi connectivity index (χ0v) is 11.0. The van der Waals surface area contributed by atoms with Gasteiger partial charge in [0.2, 0.25) is 0 Å². The van der Waals surface area contributed by atoms with Gasteiger partial charge in [0.25, 0.3) is 0 Å². The fraction of sp³-hybridized carbons (Fsp3) is 0.667. The van der Waals surface area contributed by atoms with Crippen molar-refractivity contribution in [3.63, 3.8) is 0 Å². The van der Waals surface area contributed by atoms with Crippen molar-refractivity contribution in [2.45, 2.75) is 26.8 Å². The smallest absolute Gasteiger partial charge is 0.339 e. The van der Waals surface area contributed by atoms with E-state index in [2.05, 4.69) is 23.8 Å². The summed E-state index contributed by atoms with van der Waals surface area (Å²) < 4.78 is 1.64. The molecule has 5 heteroatoms. The Hall–Kier alpha value is -1.36. The minimum Gasteiger partial charge on any atom is -0.478 e. The van der Waals surface area contributed by atoms with E-state index in [1.54, 1.807) is 11.7 Å². The number of aryl methyl sites for hydroxylation is 1. The number of hydrogen-bond acceptors (Lipinski definition) is 3. The predicted octanol–water partition coefficient (Wildman–Crippen LogP) is 1.60. The molecule has 0 aromatic carbocycles. The molecule has 1 rings (SSSR count). The van der Waals surface area contributed by atoms with E-state index < -0.39 is 5.97 Å². The third-order valence-corrected chi connectivity index (χ3v) is 3.03. The van der Waals surface area contributed by atoms with Crippen LogP contribution >= 0.6 is 0 Å². The molecule has 0 aliphatic carbocycles. The molecule has 1 heterocycles. The Bertz CT molecular complexity index is 387. The number of carboxylic acids is 1. The molecule has 0 spiro atoms. The standard InChI is InChI=1S/C12H21N3O2/c1-5-9(2)7-14(3)8-11-10(12(16)17)6-13-15(11)4/h6,9H,5,7-8H2,1-4H3,(H,16,17). The largest absolute Gasteiger partial charge is 0.478 e. The molecule has 1 atom stereocenters. The van der Waals surface area contributed by atoms with E-state index in [1.165, 1.54) is 6.20 Å². The molecule has 0 aliphatic rings. The second kappa shape index (κ2) is 5.82. The molecule has 0 fully saturated rings. The Labute approximate surface area is 102 Å². The van der Waals surface area contributed by atoms with Crippen molar-refractivity contribution >= 4 is 5.97 Å². The molecule has 0 amide bonds. The lowest BCUT2D eigenvalue weighted by Gasteiger charge is -2.20. The highest BCUT2D eigenvalue weighted by Gasteiger charge is 2.16. The Morgan fingerprint density at radius 2 is 2.29 bits per heavy atom. The fourth-order valence-electron chi connectivity index (χ4n) is 1.81. The summed E-state index contributed by atoms with van der Waals surface area (Å²) in [7, 11) is 3.78. The summed E-state index contributed by atoms with van der Waals surface area (Å²) in [6.07, 6.45) is 2.54. The summed E-state index contributed by atoms with van der Waals surface area (Å²) in [5, 5.41) is 13.0. The SMILES string of the molecule is CCC(C)CN(C)Cc1c(C(=O)O)cnn1C. The molecule has 96 valence electrons. The second-order valence-electron chi connectivity index (χ2n) is 4.64. The van der Waals surface area contributed by atoms with Crippen LogP contribution in [0.25, 0.3) is 0 Å². The summed E-state index contributed by atoms with van der Waals surface area (Å²) in [5.74, 6) is -0.299. The molecule has 1 N–H and O–H groups in total. The van der Waals surface area contributed by atoms with E-state index >= 15 is 0 Å². The Balaban J connectivity index is 2.73. The minimum atomic E-state index is -0.912. The first-order chi connectivity index (χ1) is 7.95. The normalized spacial score (nSPS) is 13.0. The molecule has 0 bridgehead atoms. The first-order valence-corrected chi connectivity index (χ1v) is 5.88. The molecule has 1 unspecified atom stereocenters. The second-order valence-corrected chi connectivity index (χ2v) is 4.64. The van der Waals surface area contributed by atoms with Gasteiger partial charge in [-0.2, -0.15) is 5.10 Å². The van der Waals surface area contributed by atoms with Crippen molar-refractivity contribution in [3.05, 3.63) is 17.5 Å². The lowest BCUT2D eigenvalue weighted by atomic mass is 10.1. The maximum atomic E-state index is 11.0. The van der Waals surface area contributed by atoms with Crippen LogP contribution < -0.4 is 0 Å². The molecule has 17 heavy (non-hydrogen) atoms. The van der Waals surface area contributed by atoms with Crippen molar-refractivity contribution in [2.75, 3.05) is 13.6 Å². The van der Waals surface area contributed by atoms with Crippen LogP contribution in [-0.4, -0.2) is 39.3 Å². The quantitative estimate of drug-likeness (QED) is 0.819. The first-order valence-electron chi connectivity index (χ1n) is 5.88. The van der Waals surface area contributed by atoms with Gasteiger partial charge in [-0.25, -0.2) is 4.79 Å².